The second-order valence-corrected chi connectivity index (χ2v) is 7.70. The number of unbranched alkanes of at least 4 members (excludes halogenated alkanes) is 1. The van der Waals surface area contributed by atoms with E-state index in [0.717, 1.165) is 18.4 Å². The molecular weight excluding hydrogens is 446 g/mol. The first-order valence-electron chi connectivity index (χ1n) is 10.8. The van der Waals surface area contributed by atoms with Gasteiger partial charge in [0.15, 0.2) is 22.7 Å². The van der Waals surface area contributed by atoms with Gasteiger partial charge in [-0.3, -0.25) is 14.3 Å². The molecule has 0 spiro atoms. The highest BCUT2D eigenvalue weighted by Gasteiger charge is 2.18. The number of fused-ring (bicyclic) bond motifs is 2. The SMILES string of the molecule is CCCCn1c(=O)[nH]c(=O)c2c1nc(COC(=O)CO/N=C(/C)c1ccc3c(c1)OCO3)n2C. The third-order valence-corrected chi connectivity index (χ3v) is 5.38. The molecule has 34 heavy (non-hydrogen) atoms. The molecule has 0 fully saturated rings. The lowest BCUT2D eigenvalue weighted by molar-refractivity contribution is -0.150. The zero-order chi connectivity index (χ0) is 24.2. The maximum Gasteiger partial charge on any atom is 0.347 e. The molecule has 0 bridgehead atoms. The Morgan fingerprint density at radius 1 is 1.26 bits per heavy atom. The Hall–Kier alpha value is -4.09. The molecule has 1 aliphatic heterocycles. The standard InChI is InChI=1S/C22H25N5O7/c1-4-5-8-27-20-19(21(29)24-22(27)30)26(3)17(23-20)10-31-18(28)11-34-25-13(2)14-6-7-15-16(9-14)33-12-32-15/h6-7,9H,4-5,8,10-12H2,1-3H3,(H,24,29,30)/b25-13-. The number of aryl methyl sites for hydroxylation is 2. The molecule has 1 N–H and O–H groups in total. The number of esters is 1. The average molecular weight is 471 g/mol. The number of imidazole rings is 1. The summed E-state index contributed by atoms with van der Waals surface area (Å²) in [6.45, 7) is 3.73. The zero-order valence-corrected chi connectivity index (χ0v) is 19.1. The third-order valence-electron chi connectivity index (χ3n) is 5.38. The lowest BCUT2D eigenvalue weighted by Crippen LogP contribution is -2.31. The van der Waals surface area contributed by atoms with Crippen LogP contribution >= 0.6 is 0 Å². The van der Waals surface area contributed by atoms with Crippen LogP contribution in [0.5, 0.6) is 11.5 Å². The number of benzene rings is 1. The van der Waals surface area contributed by atoms with Gasteiger partial charge in [0.1, 0.15) is 12.4 Å². The van der Waals surface area contributed by atoms with Crippen molar-refractivity contribution in [3.8, 4) is 11.5 Å². The van der Waals surface area contributed by atoms with Crippen molar-refractivity contribution in [2.45, 2.75) is 39.8 Å². The van der Waals surface area contributed by atoms with Crippen LogP contribution in [0.25, 0.3) is 11.2 Å². The Bertz CT molecular complexity index is 1370. The van der Waals surface area contributed by atoms with Crippen LogP contribution in [0.15, 0.2) is 32.9 Å². The molecule has 4 rings (SSSR count). The summed E-state index contributed by atoms with van der Waals surface area (Å²) in [7, 11) is 1.62. The van der Waals surface area contributed by atoms with Gasteiger partial charge in [-0.15, -0.1) is 0 Å². The molecule has 180 valence electrons. The van der Waals surface area contributed by atoms with Crippen LogP contribution in [0.3, 0.4) is 0 Å². The zero-order valence-electron chi connectivity index (χ0n) is 19.1. The number of H-pyrrole nitrogens is 1. The van der Waals surface area contributed by atoms with Gasteiger partial charge >= 0.3 is 11.7 Å². The van der Waals surface area contributed by atoms with E-state index in [1.54, 1.807) is 26.1 Å². The number of aromatic amines is 1. The van der Waals surface area contributed by atoms with Gasteiger partial charge in [0.25, 0.3) is 5.56 Å². The molecule has 0 saturated carbocycles. The van der Waals surface area contributed by atoms with Gasteiger partial charge in [-0.05, 0) is 31.5 Å². The van der Waals surface area contributed by atoms with E-state index in [0.29, 0.717) is 29.6 Å². The van der Waals surface area contributed by atoms with Gasteiger partial charge in [0, 0.05) is 19.2 Å². The summed E-state index contributed by atoms with van der Waals surface area (Å²) in [6, 6.07) is 5.35. The van der Waals surface area contributed by atoms with Crippen molar-refractivity contribution in [2.24, 2.45) is 12.2 Å². The fourth-order valence-corrected chi connectivity index (χ4v) is 3.49. The van der Waals surface area contributed by atoms with Gasteiger partial charge < -0.3 is 23.6 Å². The quantitative estimate of drug-likeness (QED) is 0.281. The van der Waals surface area contributed by atoms with Crippen LogP contribution in [-0.4, -0.2) is 44.2 Å². The molecule has 1 aromatic carbocycles. The van der Waals surface area contributed by atoms with Crippen molar-refractivity contribution in [3.63, 3.8) is 0 Å². The van der Waals surface area contributed by atoms with Gasteiger partial charge in [0.05, 0.1) is 5.71 Å². The fourth-order valence-electron chi connectivity index (χ4n) is 3.49. The van der Waals surface area contributed by atoms with E-state index < -0.39 is 23.8 Å². The number of oxime groups is 1. The van der Waals surface area contributed by atoms with Crippen molar-refractivity contribution in [1.82, 2.24) is 19.1 Å². The smallest absolute Gasteiger partial charge is 0.347 e. The third kappa shape index (κ3) is 4.65. The molecule has 0 unspecified atom stereocenters. The minimum atomic E-state index is -0.661. The van der Waals surface area contributed by atoms with Crippen LogP contribution in [0.4, 0.5) is 0 Å². The minimum absolute atomic E-state index is 0.175. The van der Waals surface area contributed by atoms with E-state index in [4.69, 9.17) is 19.0 Å². The second kappa shape index (κ2) is 9.81. The average Bonchev–Trinajstić information content (AvgIpc) is 3.41. The summed E-state index contributed by atoms with van der Waals surface area (Å²) >= 11 is 0. The number of nitrogens with one attached hydrogen (secondary N) is 1. The molecule has 1 aliphatic rings. The lowest BCUT2D eigenvalue weighted by Gasteiger charge is -2.05. The Morgan fingerprint density at radius 2 is 2.06 bits per heavy atom. The summed E-state index contributed by atoms with van der Waals surface area (Å²) in [5, 5.41) is 3.94. The monoisotopic (exact) mass is 471 g/mol. The van der Waals surface area contributed by atoms with E-state index in [1.807, 2.05) is 13.0 Å². The summed E-state index contributed by atoms with van der Waals surface area (Å²) in [6.07, 6.45) is 1.63. The molecular formula is C22H25N5O7. The van der Waals surface area contributed by atoms with Crippen molar-refractivity contribution in [3.05, 3.63) is 50.4 Å². The molecule has 0 aliphatic carbocycles. The highest BCUT2D eigenvalue weighted by atomic mass is 16.7. The lowest BCUT2D eigenvalue weighted by atomic mass is 10.1. The Labute approximate surface area is 193 Å². The number of aromatic nitrogens is 4. The molecule has 2 aromatic heterocycles. The number of carbonyl (C=O) groups excluding carboxylic acids is 1. The molecule has 3 heterocycles. The first-order valence-corrected chi connectivity index (χ1v) is 10.8. The normalized spacial score (nSPS) is 12.9. The van der Waals surface area contributed by atoms with Gasteiger partial charge in [-0.2, -0.15) is 0 Å². The molecule has 0 saturated heterocycles. The molecule has 12 nitrogen and oxygen atoms in total. The Balaban J connectivity index is 1.39. The molecule has 3 aromatic rings. The summed E-state index contributed by atoms with van der Waals surface area (Å²) < 4.78 is 18.8. The minimum Gasteiger partial charge on any atom is -0.455 e. The first-order chi connectivity index (χ1) is 16.4. The first kappa shape index (κ1) is 23.1. The number of nitrogens with zero attached hydrogens (tertiary/aromatic N) is 4. The number of rotatable bonds is 9. The van der Waals surface area contributed by atoms with Crippen LogP contribution in [0, 0.1) is 0 Å². The number of hydrogen-bond acceptors (Lipinski definition) is 9. The Morgan fingerprint density at radius 3 is 2.85 bits per heavy atom. The van der Waals surface area contributed by atoms with Crippen molar-refractivity contribution < 1.29 is 23.8 Å². The van der Waals surface area contributed by atoms with E-state index in [-0.39, 0.29) is 24.6 Å². The van der Waals surface area contributed by atoms with Crippen LogP contribution < -0.4 is 20.7 Å². The van der Waals surface area contributed by atoms with Gasteiger partial charge in [-0.25, -0.2) is 14.6 Å². The molecule has 0 radical (unpaired) electrons. The van der Waals surface area contributed by atoms with Crippen LogP contribution in [0.2, 0.25) is 0 Å². The molecule has 12 heteroatoms. The summed E-state index contributed by atoms with van der Waals surface area (Å²) in [5.41, 5.74) is 0.744. The van der Waals surface area contributed by atoms with E-state index in [1.165, 1.54) is 9.13 Å². The van der Waals surface area contributed by atoms with Crippen molar-refractivity contribution in [2.75, 3.05) is 13.4 Å². The molecule has 0 atom stereocenters. The van der Waals surface area contributed by atoms with Crippen molar-refractivity contribution in [1.29, 1.82) is 0 Å². The summed E-state index contributed by atoms with van der Waals surface area (Å²) in [5.74, 6) is 0.941. The predicted octanol–water partition coefficient (Wildman–Crippen LogP) is 1.44. The van der Waals surface area contributed by atoms with Crippen molar-refractivity contribution >= 4 is 22.8 Å². The van der Waals surface area contributed by atoms with E-state index in [2.05, 4.69) is 15.1 Å². The van der Waals surface area contributed by atoms with Gasteiger partial charge in [0.2, 0.25) is 13.4 Å². The van der Waals surface area contributed by atoms with E-state index >= 15 is 0 Å². The molecule has 0 amide bonds. The largest absolute Gasteiger partial charge is 0.455 e. The predicted molar refractivity (Wildman–Crippen MR) is 121 cm³/mol. The second-order valence-electron chi connectivity index (χ2n) is 7.70. The maximum atomic E-state index is 12.3. The highest BCUT2D eigenvalue weighted by Crippen LogP contribution is 2.32. The fraction of sp³-hybridized carbons (Fsp3) is 0.409. The maximum absolute atomic E-state index is 12.3. The number of ether oxygens (including phenoxy) is 3. The van der Waals surface area contributed by atoms with E-state index in [9.17, 15) is 14.4 Å². The summed E-state index contributed by atoms with van der Waals surface area (Å²) in [4.78, 5) is 48.4. The van der Waals surface area contributed by atoms with Gasteiger partial charge in [-0.1, -0.05) is 18.5 Å². The van der Waals surface area contributed by atoms with Crippen LogP contribution in [0.1, 0.15) is 38.1 Å². The number of carbonyl (C=O) groups is 1. The van der Waals surface area contributed by atoms with Crippen LogP contribution in [-0.2, 0) is 34.6 Å². The topological polar surface area (TPSA) is 139 Å². The highest BCUT2D eigenvalue weighted by molar-refractivity contribution is 5.99. The Kier molecular flexibility index (Phi) is 6.66. The number of hydrogen-bond donors (Lipinski definition) is 1.